The van der Waals surface area contributed by atoms with Crippen LogP contribution in [0, 0.1) is 0 Å². The number of fused-ring (bicyclic) bond motifs is 13. The van der Waals surface area contributed by atoms with Gasteiger partial charge in [0.15, 0.2) is 0 Å². The Morgan fingerprint density at radius 3 is 0.827 bits per heavy atom. The molecule has 0 amide bonds. The molecule has 2 fully saturated rings. The van der Waals surface area contributed by atoms with Crippen molar-refractivity contribution in [2.24, 2.45) is 0 Å². The molecule has 0 saturated heterocycles. The van der Waals surface area contributed by atoms with Gasteiger partial charge in [-0.2, -0.15) is 0 Å². The van der Waals surface area contributed by atoms with Crippen LogP contribution < -0.4 is 9.80 Å². The molecule has 15 rings (SSSR count). The van der Waals surface area contributed by atoms with E-state index in [0.717, 1.165) is 0 Å². The minimum atomic E-state index is -0.136. The number of nitrogens with zero attached hydrogens (tertiary/aromatic N) is 2. The first-order chi connectivity index (χ1) is 39.8. The Balaban J connectivity index is 0.693. The third-order valence-corrected chi connectivity index (χ3v) is 19.4. The second-order valence-electron chi connectivity index (χ2n) is 24.3. The third-order valence-electron chi connectivity index (χ3n) is 19.4. The summed E-state index contributed by atoms with van der Waals surface area (Å²) in [4.78, 5) is 4.84. The number of hydrogen-bond acceptors (Lipinski definition) is 2. The summed E-state index contributed by atoms with van der Waals surface area (Å²) in [7, 11) is 0. The molecule has 5 aliphatic carbocycles. The molecule has 0 heterocycles. The molecule has 2 saturated carbocycles. The van der Waals surface area contributed by atoms with Gasteiger partial charge in [0, 0.05) is 50.4 Å². The molecule has 0 aromatic heterocycles. The van der Waals surface area contributed by atoms with Crippen molar-refractivity contribution in [3.05, 3.63) is 286 Å². The van der Waals surface area contributed by atoms with Crippen LogP contribution in [0.25, 0.3) is 57.7 Å². The molecular weight excluding hydrogens is 977 g/mol. The van der Waals surface area contributed by atoms with Gasteiger partial charge in [0.05, 0.1) is 0 Å². The summed E-state index contributed by atoms with van der Waals surface area (Å²) in [5, 5.41) is 0. The molecule has 10 aromatic carbocycles. The summed E-state index contributed by atoms with van der Waals surface area (Å²) in [6.07, 6.45) is 21.8. The zero-order chi connectivity index (χ0) is 54.1. The summed E-state index contributed by atoms with van der Waals surface area (Å²) >= 11 is 0. The predicted molar refractivity (Wildman–Crippen MR) is 343 cm³/mol. The zero-order valence-electron chi connectivity index (χ0n) is 46.7. The lowest BCUT2D eigenvalue weighted by Gasteiger charge is -2.37. The molecule has 0 atom stereocenters. The maximum absolute atomic E-state index is 2.53. The maximum Gasteiger partial charge on any atom is 0.0465 e. The van der Waals surface area contributed by atoms with Crippen LogP contribution >= 0.6 is 0 Å². The van der Waals surface area contributed by atoms with Crippen LogP contribution in [0.15, 0.2) is 231 Å². The minimum Gasteiger partial charge on any atom is -0.310 e. The standard InChI is InChI=1S/C79H68N2/c1-77(2)71-49-55(29-31-57-35-41-67-69-43-37-63(53-75(69)78(73(67)51-57)45-17-7-18-46-78)80(59-21-9-3-10-22-59)60-23-11-4-12-24-60)33-39-65(71)66-40-34-56(50-72(66)77)30-32-58-36-42-68-70-44-38-64(54-76(70)79(74(68)52-58)47-19-8-20-48-79)81(61-25-13-5-14-26-61)62-27-15-6-16-28-62/h3-6,9-16,21-44,49-54H,7-8,17-20,45-48H2,1-2H3. The topological polar surface area (TPSA) is 6.48 Å². The van der Waals surface area contributed by atoms with E-state index in [1.54, 1.807) is 0 Å². The molecule has 2 nitrogen and oxygen atoms in total. The van der Waals surface area contributed by atoms with E-state index in [1.165, 1.54) is 187 Å². The number of anilines is 6. The van der Waals surface area contributed by atoms with E-state index >= 15 is 0 Å². The molecule has 394 valence electrons. The minimum absolute atomic E-state index is 0.0190. The number of rotatable bonds is 10. The molecule has 2 heteroatoms. The van der Waals surface area contributed by atoms with Gasteiger partial charge >= 0.3 is 0 Å². The molecular formula is C79H68N2. The van der Waals surface area contributed by atoms with Crippen molar-refractivity contribution >= 4 is 58.4 Å². The normalized spacial score (nSPS) is 16.5. The van der Waals surface area contributed by atoms with E-state index in [1.807, 2.05) is 0 Å². The molecule has 5 aliphatic rings. The highest BCUT2D eigenvalue weighted by Gasteiger charge is 2.46. The van der Waals surface area contributed by atoms with Crippen molar-refractivity contribution < 1.29 is 0 Å². The van der Waals surface area contributed by atoms with Gasteiger partial charge in [-0.15, -0.1) is 0 Å². The van der Waals surface area contributed by atoms with Gasteiger partial charge < -0.3 is 9.80 Å². The molecule has 0 radical (unpaired) electrons. The third kappa shape index (κ3) is 8.28. The molecule has 0 aliphatic heterocycles. The fourth-order valence-electron chi connectivity index (χ4n) is 15.4. The van der Waals surface area contributed by atoms with E-state index in [4.69, 9.17) is 0 Å². The van der Waals surface area contributed by atoms with Gasteiger partial charge in [-0.25, -0.2) is 0 Å². The summed E-state index contributed by atoms with van der Waals surface area (Å²) in [6, 6.07) is 86.7. The fourth-order valence-corrected chi connectivity index (χ4v) is 15.4. The van der Waals surface area contributed by atoms with Gasteiger partial charge in [-0.3, -0.25) is 0 Å². The van der Waals surface area contributed by atoms with Crippen LogP contribution in [0.3, 0.4) is 0 Å². The highest BCUT2D eigenvalue weighted by Crippen LogP contribution is 2.59. The van der Waals surface area contributed by atoms with Gasteiger partial charge in [0.1, 0.15) is 0 Å². The Morgan fingerprint density at radius 2 is 0.519 bits per heavy atom. The second kappa shape index (κ2) is 19.8. The van der Waals surface area contributed by atoms with E-state index in [2.05, 4.69) is 278 Å². The first kappa shape index (κ1) is 49.3. The summed E-state index contributed by atoms with van der Waals surface area (Å²) in [5.74, 6) is 0. The first-order valence-electron chi connectivity index (χ1n) is 29.9. The number of benzene rings is 10. The Labute approximate surface area is 479 Å². The van der Waals surface area contributed by atoms with Crippen LogP contribution in [0.2, 0.25) is 0 Å². The lowest BCUT2D eigenvalue weighted by molar-refractivity contribution is 0.353. The smallest absolute Gasteiger partial charge is 0.0465 e. The van der Waals surface area contributed by atoms with Gasteiger partial charge in [0.2, 0.25) is 0 Å². The lowest BCUT2D eigenvalue weighted by atomic mass is 9.67. The Bertz CT molecular complexity index is 3730. The highest BCUT2D eigenvalue weighted by atomic mass is 15.1. The summed E-state index contributed by atoms with van der Waals surface area (Å²) in [5.41, 5.74) is 29.2. The van der Waals surface area contributed by atoms with E-state index in [9.17, 15) is 0 Å². The quantitative estimate of drug-likeness (QED) is 0.126. The van der Waals surface area contributed by atoms with Crippen molar-refractivity contribution in [3.8, 4) is 33.4 Å². The van der Waals surface area contributed by atoms with E-state index in [0.29, 0.717) is 0 Å². The fraction of sp³-hybridized carbons (Fsp3) is 0.190. The van der Waals surface area contributed by atoms with Crippen molar-refractivity contribution in [2.75, 3.05) is 9.80 Å². The van der Waals surface area contributed by atoms with Gasteiger partial charge in [-0.05, 0) is 187 Å². The number of hydrogen-bond donors (Lipinski definition) is 0. The second-order valence-corrected chi connectivity index (χ2v) is 24.3. The molecule has 10 aromatic rings. The van der Waals surface area contributed by atoms with Crippen molar-refractivity contribution in [1.82, 2.24) is 0 Å². The van der Waals surface area contributed by atoms with Crippen molar-refractivity contribution in [2.45, 2.75) is 94.3 Å². The lowest BCUT2D eigenvalue weighted by Crippen LogP contribution is -2.28. The van der Waals surface area contributed by atoms with Crippen LogP contribution in [-0.2, 0) is 16.2 Å². The predicted octanol–water partition coefficient (Wildman–Crippen LogP) is 21.7. The molecule has 2 spiro atoms. The molecule has 0 N–H and O–H groups in total. The molecule has 0 bridgehead atoms. The largest absolute Gasteiger partial charge is 0.310 e. The van der Waals surface area contributed by atoms with Gasteiger partial charge in [-0.1, -0.05) is 234 Å². The van der Waals surface area contributed by atoms with Crippen LogP contribution in [0.5, 0.6) is 0 Å². The van der Waals surface area contributed by atoms with Crippen LogP contribution in [0.1, 0.15) is 134 Å². The average molecular weight is 1050 g/mol. The monoisotopic (exact) mass is 1040 g/mol. The first-order valence-corrected chi connectivity index (χ1v) is 29.9. The van der Waals surface area contributed by atoms with E-state index in [-0.39, 0.29) is 16.2 Å². The van der Waals surface area contributed by atoms with Crippen LogP contribution in [0.4, 0.5) is 34.1 Å². The maximum atomic E-state index is 2.53. The summed E-state index contributed by atoms with van der Waals surface area (Å²) in [6.45, 7) is 4.83. The van der Waals surface area contributed by atoms with Crippen molar-refractivity contribution in [1.29, 1.82) is 0 Å². The Hall–Kier alpha value is -8.72. The zero-order valence-corrected chi connectivity index (χ0v) is 46.7. The summed E-state index contributed by atoms with van der Waals surface area (Å²) < 4.78 is 0. The number of para-hydroxylation sites is 4. The Morgan fingerprint density at radius 1 is 0.259 bits per heavy atom. The van der Waals surface area contributed by atoms with Crippen LogP contribution in [-0.4, -0.2) is 0 Å². The molecule has 0 unspecified atom stereocenters. The average Bonchev–Trinajstić information content (AvgIpc) is 2.87. The Kier molecular flexibility index (Phi) is 12.1. The SMILES string of the molecule is CC1(C)c2cc(C=Cc3ccc4c(c3)C3(CCCCC3)c3cc(N(c5ccccc5)c5ccccc5)ccc3-4)ccc2-c2ccc(C=Cc3ccc4c(c3)C3(CCCCC3)c3cc(N(c5ccccc5)c5ccccc5)ccc3-4)cc21. The molecule has 81 heavy (non-hydrogen) atoms. The van der Waals surface area contributed by atoms with Crippen molar-refractivity contribution in [3.63, 3.8) is 0 Å². The van der Waals surface area contributed by atoms with Gasteiger partial charge in [0.25, 0.3) is 0 Å². The van der Waals surface area contributed by atoms with E-state index < -0.39 is 0 Å². The highest BCUT2D eigenvalue weighted by molar-refractivity contribution is 5.90.